The first-order valence-corrected chi connectivity index (χ1v) is 5.91. The molecule has 0 atom stereocenters. The van der Waals surface area contributed by atoms with Crippen molar-refractivity contribution in [3.8, 4) is 0 Å². The molecule has 3 rings (SSSR count). The Morgan fingerprint density at radius 1 is 1.28 bits per heavy atom. The highest BCUT2D eigenvalue weighted by molar-refractivity contribution is 6.37. The van der Waals surface area contributed by atoms with E-state index in [4.69, 9.17) is 16.0 Å². The van der Waals surface area contributed by atoms with Crippen LogP contribution in [0.15, 0.2) is 40.9 Å². The summed E-state index contributed by atoms with van der Waals surface area (Å²) >= 11 is 6.14. The van der Waals surface area contributed by atoms with Gasteiger partial charge in [-0.2, -0.15) is 0 Å². The number of aromatic nitrogens is 1. The molecule has 0 aliphatic carbocycles. The molecule has 0 fully saturated rings. The van der Waals surface area contributed by atoms with Crippen LogP contribution in [0.2, 0.25) is 5.02 Å². The van der Waals surface area contributed by atoms with Crippen LogP contribution in [0.25, 0.3) is 10.9 Å². The maximum absolute atomic E-state index is 12.3. The summed E-state index contributed by atoms with van der Waals surface area (Å²) in [5.41, 5.74) is 1.37. The molecule has 2 heterocycles. The number of aromatic amines is 1. The molecule has 0 amide bonds. The summed E-state index contributed by atoms with van der Waals surface area (Å²) < 4.78 is 5.35. The summed E-state index contributed by atoms with van der Waals surface area (Å²) in [5.74, 6) is 0.875. The summed E-state index contributed by atoms with van der Waals surface area (Å²) in [6, 6.07) is 8.93. The highest BCUT2D eigenvalue weighted by Crippen LogP contribution is 2.28. The number of carbonyl (C=O) groups is 1. The van der Waals surface area contributed by atoms with Crippen molar-refractivity contribution < 1.29 is 9.21 Å². The first kappa shape index (κ1) is 11.1. The quantitative estimate of drug-likeness (QED) is 0.708. The van der Waals surface area contributed by atoms with Crippen LogP contribution in [0.4, 0.5) is 0 Å². The van der Waals surface area contributed by atoms with Crippen molar-refractivity contribution in [2.75, 3.05) is 0 Å². The molecule has 0 saturated heterocycles. The van der Waals surface area contributed by atoms with E-state index in [2.05, 4.69) is 4.98 Å². The van der Waals surface area contributed by atoms with Gasteiger partial charge in [-0.25, -0.2) is 0 Å². The van der Waals surface area contributed by atoms with Crippen LogP contribution in [-0.2, 0) is 0 Å². The van der Waals surface area contributed by atoms with E-state index in [0.717, 1.165) is 10.9 Å². The van der Waals surface area contributed by atoms with Gasteiger partial charge < -0.3 is 9.40 Å². The third-order valence-corrected chi connectivity index (χ3v) is 3.18. The van der Waals surface area contributed by atoms with Gasteiger partial charge >= 0.3 is 0 Å². The number of nitrogens with one attached hydrogen (secondary N) is 1. The predicted octanol–water partition coefficient (Wildman–Crippen LogP) is 3.95. The van der Waals surface area contributed by atoms with Gasteiger partial charge in [0.05, 0.1) is 10.6 Å². The van der Waals surface area contributed by atoms with Crippen molar-refractivity contribution in [3.63, 3.8) is 0 Å². The van der Waals surface area contributed by atoms with E-state index in [-0.39, 0.29) is 5.78 Å². The number of hydrogen-bond acceptors (Lipinski definition) is 2. The summed E-state index contributed by atoms with van der Waals surface area (Å²) in [6.07, 6.45) is 1.66. The van der Waals surface area contributed by atoms with Gasteiger partial charge in [0.15, 0.2) is 5.76 Å². The fourth-order valence-corrected chi connectivity index (χ4v) is 2.28. The van der Waals surface area contributed by atoms with Gasteiger partial charge in [-0.3, -0.25) is 4.79 Å². The van der Waals surface area contributed by atoms with E-state index in [1.807, 2.05) is 12.1 Å². The van der Waals surface area contributed by atoms with Crippen molar-refractivity contribution in [3.05, 3.63) is 58.6 Å². The van der Waals surface area contributed by atoms with Crippen LogP contribution < -0.4 is 0 Å². The second kappa shape index (κ2) is 4.03. The standard InChI is InChI=1S/C14H10ClNO2/c1-8-5-6-12(18-8)14(17)9-7-16-11-4-2-3-10(15)13(9)11/h2-7,16H,1H3. The zero-order valence-corrected chi connectivity index (χ0v) is 10.4. The van der Waals surface area contributed by atoms with Crippen molar-refractivity contribution in [1.29, 1.82) is 0 Å². The van der Waals surface area contributed by atoms with Crippen LogP contribution in [0.5, 0.6) is 0 Å². The Labute approximate surface area is 108 Å². The molecule has 0 bridgehead atoms. The Morgan fingerprint density at radius 2 is 2.11 bits per heavy atom. The summed E-state index contributed by atoms with van der Waals surface area (Å²) in [6.45, 7) is 1.80. The number of fused-ring (bicyclic) bond motifs is 1. The third-order valence-electron chi connectivity index (χ3n) is 2.86. The molecule has 4 heteroatoms. The fraction of sp³-hybridized carbons (Fsp3) is 0.0714. The molecule has 0 aliphatic rings. The van der Waals surface area contributed by atoms with Crippen molar-refractivity contribution in [1.82, 2.24) is 4.98 Å². The molecule has 0 aliphatic heterocycles. The first-order chi connectivity index (χ1) is 8.66. The largest absolute Gasteiger partial charge is 0.458 e. The van der Waals surface area contributed by atoms with Gasteiger partial charge in [0, 0.05) is 17.1 Å². The lowest BCUT2D eigenvalue weighted by Crippen LogP contribution is -1.98. The van der Waals surface area contributed by atoms with E-state index in [1.165, 1.54) is 0 Å². The number of furan rings is 1. The molecular formula is C14H10ClNO2. The number of benzene rings is 1. The van der Waals surface area contributed by atoms with E-state index in [0.29, 0.717) is 22.1 Å². The number of hydrogen-bond donors (Lipinski definition) is 1. The lowest BCUT2D eigenvalue weighted by molar-refractivity contribution is 0.101. The molecular weight excluding hydrogens is 250 g/mol. The molecule has 18 heavy (non-hydrogen) atoms. The molecule has 2 aromatic heterocycles. The summed E-state index contributed by atoms with van der Waals surface area (Å²) in [4.78, 5) is 15.4. The highest BCUT2D eigenvalue weighted by Gasteiger charge is 2.18. The minimum atomic E-state index is -0.164. The van der Waals surface area contributed by atoms with E-state index in [9.17, 15) is 4.79 Å². The zero-order valence-electron chi connectivity index (χ0n) is 9.66. The zero-order chi connectivity index (χ0) is 12.7. The SMILES string of the molecule is Cc1ccc(C(=O)c2c[nH]c3cccc(Cl)c23)o1. The molecule has 3 aromatic rings. The number of ketones is 1. The van der Waals surface area contributed by atoms with Gasteiger partial charge in [0.25, 0.3) is 0 Å². The highest BCUT2D eigenvalue weighted by atomic mass is 35.5. The lowest BCUT2D eigenvalue weighted by atomic mass is 10.1. The average molecular weight is 260 g/mol. The lowest BCUT2D eigenvalue weighted by Gasteiger charge is -1.98. The van der Waals surface area contributed by atoms with Crippen molar-refractivity contribution >= 4 is 28.3 Å². The van der Waals surface area contributed by atoms with Gasteiger partial charge in [-0.05, 0) is 31.2 Å². The second-order valence-electron chi connectivity index (χ2n) is 4.10. The molecule has 0 radical (unpaired) electrons. The van der Waals surface area contributed by atoms with Crippen LogP contribution in [0.1, 0.15) is 21.9 Å². The van der Waals surface area contributed by atoms with Crippen LogP contribution in [-0.4, -0.2) is 10.8 Å². The van der Waals surface area contributed by atoms with Crippen LogP contribution in [0, 0.1) is 6.92 Å². The Kier molecular flexibility index (Phi) is 2.49. The number of H-pyrrole nitrogens is 1. The Morgan fingerprint density at radius 3 is 2.83 bits per heavy atom. The Balaban J connectivity index is 2.18. The van der Waals surface area contributed by atoms with E-state index in [1.54, 1.807) is 31.3 Å². The van der Waals surface area contributed by atoms with Gasteiger partial charge in [0.2, 0.25) is 5.78 Å². The molecule has 90 valence electrons. The average Bonchev–Trinajstić information content (AvgIpc) is 2.95. The summed E-state index contributed by atoms with van der Waals surface area (Å²) in [7, 11) is 0. The third kappa shape index (κ3) is 1.64. The molecule has 0 spiro atoms. The molecule has 0 unspecified atom stereocenters. The number of rotatable bonds is 2. The molecule has 3 nitrogen and oxygen atoms in total. The van der Waals surface area contributed by atoms with Crippen molar-refractivity contribution in [2.24, 2.45) is 0 Å². The fourth-order valence-electron chi connectivity index (χ4n) is 2.01. The topological polar surface area (TPSA) is 46.0 Å². The van der Waals surface area contributed by atoms with Crippen LogP contribution in [0.3, 0.4) is 0 Å². The number of aryl methyl sites for hydroxylation is 1. The minimum absolute atomic E-state index is 0.164. The Hall–Kier alpha value is -2.00. The van der Waals surface area contributed by atoms with Crippen molar-refractivity contribution in [2.45, 2.75) is 6.92 Å². The molecule has 0 saturated carbocycles. The van der Waals surface area contributed by atoms with Gasteiger partial charge in [-0.1, -0.05) is 17.7 Å². The van der Waals surface area contributed by atoms with Gasteiger partial charge in [-0.15, -0.1) is 0 Å². The number of halogens is 1. The van der Waals surface area contributed by atoms with E-state index >= 15 is 0 Å². The van der Waals surface area contributed by atoms with E-state index < -0.39 is 0 Å². The van der Waals surface area contributed by atoms with Crippen LogP contribution >= 0.6 is 11.6 Å². The molecule has 1 N–H and O–H groups in total. The minimum Gasteiger partial charge on any atom is -0.458 e. The first-order valence-electron chi connectivity index (χ1n) is 5.53. The molecule has 1 aromatic carbocycles. The predicted molar refractivity (Wildman–Crippen MR) is 70.2 cm³/mol. The normalized spacial score (nSPS) is 11.0. The monoisotopic (exact) mass is 259 g/mol. The maximum Gasteiger partial charge on any atom is 0.230 e. The second-order valence-corrected chi connectivity index (χ2v) is 4.51. The van der Waals surface area contributed by atoms with Gasteiger partial charge in [0.1, 0.15) is 5.76 Å². The summed E-state index contributed by atoms with van der Waals surface area (Å²) in [5, 5.41) is 1.29. The number of carbonyl (C=O) groups excluding carboxylic acids is 1. The maximum atomic E-state index is 12.3. The smallest absolute Gasteiger partial charge is 0.230 e. The Bertz CT molecular complexity index is 739.